The lowest BCUT2D eigenvalue weighted by atomic mass is 9.36. The number of nitrogens with zero attached hydrogens (tertiary/aromatic N) is 2. The monoisotopic (exact) mass is 970 g/mol. The van der Waals surface area contributed by atoms with Crippen LogP contribution in [0.5, 0.6) is 0 Å². The highest BCUT2D eigenvalue weighted by Gasteiger charge is 2.58. The van der Waals surface area contributed by atoms with Crippen LogP contribution in [0.1, 0.15) is 49.4 Å². The van der Waals surface area contributed by atoms with Crippen molar-refractivity contribution in [1.82, 2.24) is 0 Å². The Bertz CT molecular complexity index is 4250. The summed E-state index contributed by atoms with van der Waals surface area (Å²) in [5.74, 6) is 0. The number of rotatable bonds is 2. The molecule has 3 heterocycles. The van der Waals surface area contributed by atoms with Crippen LogP contribution in [0.2, 0.25) is 0 Å². The van der Waals surface area contributed by atoms with Gasteiger partial charge in [0.25, 0.3) is 6.71 Å². The predicted octanol–water partition coefficient (Wildman–Crippen LogP) is 15.5. The first-order chi connectivity index (χ1) is 36.4. The van der Waals surface area contributed by atoms with Gasteiger partial charge in [-0.25, -0.2) is 0 Å². The second kappa shape index (κ2) is 14.1. The lowest BCUT2D eigenvalue weighted by Crippen LogP contribution is -2.60. The average molecular weight is 971 g/mol. The van der Waals surface area contributed by atoms with E-state index in [4.69, 9.17) is 0 Å². The zero-order chi connectivity index (χ0) is 48.8. The molecule has 6 aliphatic rings. The van der Waals surface area contributed by atoms with Gasteiger partial charge in [-0.3, -0.25) is 0 Å². The van der Waals surface area contributed by atoms with Crippen LogP contribution in [0.15, 0.2) is 231 Å². The first-order valence-corrected chi connectivity index (χ1v) is 26.1. The molecule has 346 valence electrons. The SMILES string of the molecule is FC(F)(F)c1ccc2c(c1)C1(c3ccccc3-2)c2ccccc2-c2cc3c(cc21)B1c2sc4c(c2N(c2ccccc2)c2cccc(c21)N3c1ccccc1)-c1ccccc1C41c2ccccc2-c2ccccc21. The number of para-hydroxylation sites is 2. The molecule has 1 unspecified atom stereocenters. The largest absolute Gasteiger partial charge is 0.416 e. The minimum atomic E-state index is -4.53. The van der Waals surface area contributed by atoms with Crippen molar-refractivity contribution in [2.75, 3.05) is 9.80 Å². The van der Waals surface area contributed by atoms with E-state index in [1.807, 2.05) is 29.5 Å². The van der Waals surface area contributed by atoms with E-state index in [0.29, 0.717) is 5.56 Å². The highest BCUT2D eigenvalue weighted by atomic mass is 32.1. The molecule has 1 atom stereocenters. The van der Waals surface area contributed by atoms with Gasteiger partial charge in [-0.1, -0.05) is 176 Å². The molecular weight excluding hydrogens is 933 g/mol. The van der Waals surface area contributed by atoms with Gasteiger partial charge in [0.05, 0.1) is 22.1 Å². The van der Waals surface area contributed by atoms with Crippen molar-refractivity contribution in [3.63, 3.8) is 0 Å². The van der Waals surface area contributed by atoms with Crippen LogP contribution < -0.4 is 25.5 Å². The molecular formula is C67H38BF3N2S. The smallest absolute Gasteiger partial charge is 0.311 e. The lowest BCUT2D eigenvalue weighted by Gasteiger charge is -2.44. The maximum atomic E-state index is 15.1. The van der Waals surface area contributed by atoms with Gasteiger partial charge in [0.2, 0.25) is 0 Å². The van der Waals surface area contributed by atoms with E-state index in [-0.39, 0.29) is 6.71 Å². The number of thiophene rings is 1. The fourth-order valence-corrected chi connectivity index (χ4v) is 16.4. The normalized spacial score (nSPS) is 16.7. The Morgan fingerprint density at radius 1 is 0.378 bits per heavy atom. The van der Waals surface area contributed by atoms with Crippen molar-refractivity contribution < 1.29 is 13.2 Å². The molecule has 7 heteroatoms. The van der Waals surface area contributed by atoms with E-state index in [1.165, 1.54) is 71.9 Å². The summed E-state index contributed by atoms with van der Waals surface area (Å²) >= 11 is 1.94. The molecule has 0 amide bonds. The third kappa shape index (κ3) is 4.77. The quantitative estimate of drug-likeness (QED) is 0.159. The lowest BCUT2D eigenvalue weighted by molar-refractivity contribution is -0.137. The van der Waals surface area contributed by atoms with Crippen molar-refractivity contribution in [3.8, 4) is 44.5 Å². The minimum absolute atomic E-state index is 0.249. The van der Waals surface area contributed by atoms with Gasteiger partial charge in [-0.15, -0.1) is 11.3 Å². The Balaban J connectivity index is 1.03. The molecule has 11 aromatic rings. The van der Waals surface area contributed by atoms with E-state index in [2.05, 4.69) is 204 Å². The van der Waals surface area contributed by atoms with Crippen LogP contribution in [0.4, 0.5) is 47.3 Å². The fourth-order valence-electron chi connectivity index (χ4n) is 14.7. The summed E-state index contributed by atoms with van der Waals surface area (Å²) in [6.07, 6.45) is -4.53. The summed E-state index contributed by atoms with van der Waals surface area (Å²) in [4.78, 5) is 6.28. The summed E-state index contributed by atoms with van der Waals surface area (Å²) in [5.41, 5.74) is 23.1. The van der Waals surface area contributed by atoms with Crippen LogP contribution in [0, 0.1) is 0 Å². The topological polar surface area (TPSA) is 6.48 Å². The molecule has 2 spiro atoms. The number of anilines is 6. The molecule has 17 rings (SSSR count). The molecule has 74 heavy (non-hydrogen) atoms. The first kappa shape index (κ1) is 40.9. The molecule has 0 saturated heterocycles. The number of hydrogen-bond acceptors (Lipinski definition) is 3. The Hall–Kier alpha value is -8.65. The summed E-state index contributed by atoms with van der Waals surface area (Å²) in [7, 11) is 0. The number of halogens is 3. The molecule has 0 N–H and O–H groups in total. The van der Waals surface area contributed by atoms with Crippen LogP contribution >= 0.6 is 11.3 Å². The van der Waals surface area contributed by atoms with E-state index in [9.17, 15) is 0 Å². The Labute approximate surface area is 430 Å². The summed E-state index contributed by atoms with van der Waals surface area (Å²) in [6.45, 7) is -0.249. The molecule has 0 fully saturated rings. The summed E-state index contributed by atoms with van der Waals surface area (Å²) in [6, 6.07) is 81.2. The second-order valence-corrected chi connectivity index (χ2v) is 21.5. The van der Waals surface area contributed by atoms with Crippen molar-refractivity contribution in [3.05, 3.63) is 280 Å². The molecule has 4 aliphatic carbocycles. The molecule has 2 aliphatic heterocycles. The second-order valence-electron chi connectivity index (χ2n) is 20.4. The van der Waals surface area contributed by atoms with Crippen molar-refractivity contribution in [2.45, 2.75) is 17.0 Å². The average Bonchev–Trinajstić information content (AvgIpc) is 4.33. The van der Waals surface area contributed by atoms with Crippen LogP contribution in [0.3, 0.4) is 0 Å². The van der Waals surface area contributed by atoms with E-state index < -0.39 is 22.6 Å². The summed E-state index contributed by atoms with van der Waals surface area (Å²) < 4.78 is 46.5. The zero-order valence-corrected chi connectivity index (χ0v) is 40.3. The number of benzene rings is 10. The third-order valence-electron chi connectivity index (χ3n) is 17.3. The minimum Gasteiger partial charge on any atom is -0.311 e. The number of hydrogen-bond donors (Lipinski definition) is 0. The summed E-state index contributed by atoms with van der Waals surface area (Å²) in [5, 5.41) is 0. The van der Waals surface area contributed by atoms with E-state index in [1.54, 1.807) is 6.07 Å². The van der Waals surface area contributed by atoms with Crippen molar-refractivity contribution in [2.24, 2.45) is 0 Å². The third-order valence-corrected chi connectivity index (χ3v) is 18.6. The Morgan fingerprint density at radius 3 is 1.42 bits per heavy atom. The maximum Gasteiger partial charge on any atom is 0.416 e. The maximum absolute atomic E-state index is 15.1. The first-order valence-electron chi connectivity index (χ1n) is 25.3. The van der Waals surface area contributed by atoms with Crippen molar-refractivity contribution in [1.29, 1.82) is 0 Å². The zero-order valence-electron chi connectivity index (χ0n) is 39.5. The molecule has 2 nitrogen and oxygen atoms in total. The molecule has 0 saturated carbocycles. The Morgan fingerprint density at radius 2 is 0.838 bits per heavy atom. The van der Waals surface area contributed by atoms with Gasteiger partial charge < -0.3 is 9.80 Å². The highest BCUT2D eigenvalue weighted by molar-refractivity contribution is 7.30. The van der Waals surface area contributed by atoms with Crippen LogP contribution in [-0.4, -0.2) is 6.71 Å². The molecule has 0 bridgehead atoms. The van der Waals surface area contributed by atoms with Gasteiger partial charge in [-0.2, -0.15) is 13.2 Å². The number of alkyl halides is 3. The van der Waals surface area contributed by atoms with Gasteiger partial charge >= 0.3 is 6.18 Å². The molecule has 1 aromatic heterocycles. The van der Waals surface area contributed by atoms with Crippen LogP contribution in [-0.2, 0) is 17.0 Å². The number of fused-ring (bicyclic) bond motifs is 25. The van der Waals surface area contributed by atoms with Gasteiger partial charge in [0, 0.05) is 43.7 Å². The predicted molar refractivity (Wildman–Crippen MR) is 296 cm³/mol. The highest BCUT2D eigenvalue weighted by Crippen LogP contribution is 2.68. The van der Waals surface area contributed by atoms with Gasteiger partial charge in [0.15, 0.2) is 0 Å². The van der Waals surface area contributed by atoms with Crippen LogP contribution in [0.25, 0.3) is 44.5 Å². The standard InChI is InChI=1S/C67H38BF3N2S/c69-67(70,71)39-34-35-46-44-24-7-12-27-49(44)65(54(46)36-39)50-28-13-10-25-45(50)48-37-59-56(38-55(48)65)68-61-57(72(59)40-18-3-1-4-19-40)32-17-33-58(61)73(41-20-5-2-6-21-41)62-60-47-26-11-16-31-53(47)66(63(60)74-64(62)68)51-29-14-8-22-42(51)43-23-9-15-30-52(43)66/h1-38H. The van der Waals surface area contributed by atoms with Crippen molar-refractivity contribution >= 4 is 67.9 Å². The van der Waals surface area contributed by atoms with E-state index in [0.717, 1.165) is 72.8 Å². The van der Waals surface area contributed by atoms with Gasteiger partial charge in [0.1, 0.15) is 0 Å². The van der Waals surface area contributed by atoms with Gasteiger partial charge in [-0.05, 0) is 143 Å². The Kier molecular flexibility index (Phi) is 7.79. The molecule has 10 aromatic carbocycles. The van der Waals surface area contributed by atoms with E-state index >= 15 is 13.2 Å². The molecule has 0 radical (unpaired) electrons. The fraction of sp³-hybridized carbons (Fsp3) is 0.0448.